The largest absolute Gasteiger partial charge is 0.457 e. The van der Waals surface area contributed by atoms with E-state index in [4.69, 9.17) is 4.74 Å². The molecule has 1 atom stereocenters. The molecule has 2 saturated heterocycles. The van der Waals surface area contributed by atoms with Crippen molar-refractivity contribution in [2.24, 2.45) is 7.05 Å². The molecular weight excluding hydrogens is 418 g/mol. The van der Waals surface area contributed by atoms with Crippen LogP contribution in [0.2, 0.25) is 0 Å². The summed E-state index contributed by atoms with van der Waals surface area (Å²) >= 11 is 0. The molecule has 0 radical (unpaired) electrons. The molecule has 1 unspecified atom stereocenters. The molecule has 0 saturated carbocycles. The molecule has 1 aromatic heterocycles. The summed E-state index contributed by atoms with van der Waals surface area (Å²) in [6, 6.07) is 17.4. The number of carbonyl (C=O) groups is 2. The Labute approximate surface area is 193 Å². The summed E-state index contributed by atoms with van der Waals surface area (Å²) < 4.78 is 7.60. The normalized spacial score (nSPS) is 19.2. The molecule has 8 heteroatoms. The molecule has 0 bridgehead atoms. The summed E-state index contributed by atoms with van der Waals surface area (Å²) in [5.74, 6) is 2.07. The van der Waals surface area contributed by atoms with Gasteiger partial charge < -0.3 is 19.1 Å². The van der Waals surface area contributed by atoms with Crippen LogP contribution >= 0.6 is 0 Å². The molecule has 3 aromatic rings. The van der Waals surface area contributed by atoms with Crippen LogP contribution in [-0.2, 0) is 11.8 Å². The Hall–Kier alpha value is -3.65. The Morgan fingerprint density at radius 1 is 0.970 bits per heavy atom. The summed E-state index contributed by atoms with van der Waals surface area (Å²) in [4.78, 5) is 35.6. The van der Waals surface area contributed by atoms with Gasteiger partial charge in [0.15, 0.2) is 5.82 Å². The van der Waals surface area contributed by atoms with Gasteiger partial charge in [-0.25, -0.2) is 4.98 Å². The summed E-state index contributed by atoms with van der Waals surface area (Å²) in [6.45, 7) is 3.45. The molecule has 0 N–H and O–H groups in total. The van der Waals surface area contributed by atoms with E-state index in [0.717, 1.165) is 30.3 Å². The van der Waals surface area contributed by atoms with Crippen LogP contribution in [0.15, 0.2) is 67.0 Å². The maximum absolute atomic E-state index is 12.8. The summed E-state index contributed by atoms with van der Waals surface area (Å²) in [6.07, 6.45) is 3.92. The van der Waals surface area contributed by atoms with Crippen LogP contribution in [0.1, 0.15) is 17.0 Å². The second-order valence-corrected chi connectivity index (χ2v) is 8.46. The first-order valence-electron chi connectivity index (χ1n) is 11.2. The smallest absolute Gasteiger partial charge is 0.289 e. The Kier molecular flexibility index (Phi) is 5.83. The Morgan fingerprint density at radius 3 is 2.33 bits per heavy atom. The van der Waals surface area contributed by atoms with Gasteiger partial charge in [0.1, 0.15) is 11.5 Å². The number of rotatable bonds is 5. The van der Waals surface area contributed by atoms with Crippen molar-refractivity contribution in [1.29, 1.82) is 0 Å². The fourth-order valence-corrected chi connectivity index (χ4v) is 4.50. The zero-order chi connectivity index (χ0) is 22.8. The van der Waals surface area contributed by atoms with Gasteiger partial charge in [-0.1, -0.05) is 18.2 Å². The van der Waals surface area contributed by atoms with E-state index in [1.807, 2.05) is 71.4 Å². The molecule has 33 heavy (non-hydrogen) atoms. The monoisotopic (exact) mass is 445 g/mol. The van der Waals surface area contributed by atoms with Crippen molar-refractivity contribution in [2.75, 3.05) is 37.6 Å². The molecule has 2 amide bonds. The van der Waals surface area contributed by atoms with Crippen molar-refractivity contribution in [2.45, 2.75) is 12.5 Å². The van der Waals surface area contributed by atoms with Gasteiger partial charge in [-0.2, -0.15) is 0 Å². The van der Waals surface area contributed by atoms with Gasteiger partial charge in [0.2, 0.25) is 5.91 Å². The van der Waals surface area contributed by atoms with Crippen molar-refractivity contribution in [3.05, 3.63) is 72.8 Å². The summed E-state index contributed by atoms with van der Waals surface area (Å²) in [5, 5.41) is 0. The first kappa shape index (κ1) is 21.2. The van der Waals surface area contributed by atoms with Gasteiger partial charge in [0.25, 0.3) is 5.91 Å². The number of hydrogen-bond donors (Lipinski definition) is 0. The third-order valence-electron chi connectivity index (χ3n) is 6.36. The summed E-state index contributed by atoms with van der Waals surface area (Å²) in [7, 11) is 1.83. The van der Waals surface area contributed by atoms with Gasteiger partial charge in [0.05, 0.1) is 0 Å². The molecule has 8 nitrogen and oxygen atoms in total. The summed E-state index contributed by atoms with van der Waals surface area (Å²) in [5.41, 5.74) is 0.881. The Morgan fingerprint density at radius 2 is 1.67 bits per heavy atom. The quantitative estimate of drug-likeness (QED) is 0.604. The van der Waals surface area contributed by atoms with Crippen molar-refractivity contribution in [3.63, 3.8) is 0 Å². The van der Waals surface area contributed by atoms with Crippen LogP contribution in [-0.4, -0.2) is 69.9 Å². The molecule has 2 fully saturated rings. The predicted octanol–water partition coefficient (Wildman–Crippen LogP) is 2.78. The van der Waals surface area contributed by atoms with Gasteiger partial charge in [-0.05, 0) is 36.4 Å². The highest BCUT2D eigenvalue weighted by Crippen LogP contribution is 2.28. The zero-order valence-corrected chi connectivity index (χ0v) is 18.6. The minimum Gasteiger partial charge on any atom is -0.457 e. The molecule has 170 valence electrons. The molecule has 0 spiro atoms. The minimum atomic E-state index is -0.0379. The van der Waals surface area contributed by atoms with Crippen molar-refractivity contribution < 1.29 is 14.3 Å². The van der Waals surface area contributed by atoms with Gasteiger partial charge in [0, 0.05) is 70.3 Å². The lowest BCUT2D eigenvalue weighted by atomic mass is 10.2. The van der Waals surface area contributed by atoms with E-state index < -0.39 is 0 Å². The average Bonchev–Trinajstić information content (AvgIpc) is 3.45. The van der Waals surface area contributed by atoms with Crippen molar-refractivity contribution >= 4 is 17.5 Å². The lowest BCUT2D eigenvalue weighted by Crippen LogP contribution is -2.52. The lowest BCUT2D eigenvalue weighted by molar-refractivity contribution is -0.117. The van der Waals surface area contributed by atoms with Gasteiger partial charge in [-0.15, -0.1) is 0 Å². The van der Waals surface area contributed by atoms with Crippen LogP contribution in [0.25, 0.3) is 0 Å². The van der Waals surface area contributed by atoms with Crippen LogP contribution in [0.3, 0.4) is 0 Å². The minimum absolute atomic E-state index is 0.0379. The van der Waals surface area contributed by atoms with Crippen LogP contribution < -0.4 is 9.64 Å². The number of anilines is 1. The van der Waals surface area contributed by atoms with Crippen LogP contribution in [0, 0.1) is 0 Å². The standard InChI is InChI=1S/C25H27N5O3/c1-27-12-11-26-24(27)25(32)29-15-13-28(14-16-29)20-17-23(31)30(18-20)19-7-9-22(10-8-19)33-21-5-3-2-4-6-21/h2-12,20H,13-18H2,1H3. The fraction of sp³-hybridized carbons (Fsp3) is 0.320. The number of carbonyl (C=O) groups excluding carboxylic acids is 2. The van der Waals surface area contributed by atoms with Crippen LogP contribution in [0.5, 0.6) is 11.5 Å². The van der Waals surface area contributed by atoms with E-state index in [2.05, 4.69) is 9.88 Å². The van der Waals surface area contributed by atoms with E-state index in [-0.39, 0.29) is 17.9 Å². The number of ether oxygens (including phenoxy) is 1. The fourth-order valence-electron chi connectivity index (χ4n) is 4.50. The number of hydrogen-bond acceptors (Lipinski definition) is 5. The third-order valence-corrected chi connectivity index (χ3v) is 6.36. The maximum Gasteiger partial charge on any atom is 0.289 e. The molecule has 2 aliphatic heterocycles. The van der Waals surface area contributed by atoms with Gasteiger partial charge >= 0.3 is 0 Å². The molecule has 5 rings (SSSR count). The lowest BCUT2D eigenvalue weighted by Gasteiger charge is -2.37. The predicted molar refractivity (Wildman–Crippen MR) is 124 cm³/mol. The number of imidazole rings is 1. The molecular formula is C25H27N5O3. The van der Waals surface area contributed by atoms with E-state index in [9.17, 15) is 9.59 Å². The first-order valence-corrected chi connectivity index (χ1v) is 11.2. The highest BCUT2D eigenvalue weighted by molar-refractivity contribution is 5.96. The van der Waals surface area contributed by atoms with Gasteiger partial charge in [-0.3, -0.25) is 14.5 Å². The SMILES string of the molecule is Cn1ccnc1C(=O)N1CCN(C2CC(=O)N(c3ccc(Oc4ccccc4)cc3)C2)CC1. The average molecular weight is 446 g/mol. The molecule has 3 heterocycles. The second kappa shape index (κ2) is 9.07. The van der Waals surface area contributed by atoms with E-state index in [0.29, 0.717) is 31.9 Å². The van der Waals surface area contributed by atoms with E-state index >= 15 is 0 Å². The van der Waals surface area contributed by atoms with Crippen LogP contribution in [0.4, 0.5) is 5.69 Å². The number of amides is 2. The number of para-hydroxylation sites is 1. The number of aromatic nitrogens is 2. The highest BCUT2D eigenvalue weighted by Gasteiger charge is 2.36. The maximum atomic E-state index is 12.8. The Bertz CT molecular complexity index is 1120. The number of nitrogens with zero attached hydrogens (tertiary/aromatic N) is 5. The van der Waals surface area contributed by atoms with Crippen molar-refractivity contribution in [3.8, 4) is 11.5 Å². The number of piperazine rings is 1. The second-order valence-electron chi connectivity index (χ2n) is 8.46. The van der Waals surface area contributed by atoms with E-state index in [1.54, 1.807) is 17.0 Å². The molecule has 2 aliphatic rings. The van der Waals surface area contributed by atoms with Crippen molar-refractivity contribution in [1.82, 2.24) is 19.4 Å². The van der Waals surface area contributed by atoms with E-state index in [1.165, 1.54) is 0 Å². The first-order chi connectivity index (χ1) is 16.1. The third kappa shape index (κ3) is 4.47. The highest BCUT2D eigenvalue weighted by atomic mass is 16.5. The zero-order valence-electron chi connectivity index (χ0n) is 18.6. The molecule has 0 aliphatic carbocycles. The number of benzene rings is 2. The topological polar surface area (TPSA) is 70.9 Å². The number of aryl methyl sites for hydroxylation is 1. The molecule has 2 aromatic carbocycles. The Balaban J connectivity index is 1.17.